The van der Waals surface area contributed by atoms with Crippen molar-refractivity contribution in [3.8, 4) is 0 Å². The molecular formula is C19H29ClN2O2. The second-order valence-electron chi connectivity index (χ2n) is 7.38. The fraction of sp³-hybridized carbons (Fsp3) is 0.579. The van der Waals surface area contributed by atoms with Gasteiger partial charge in [-0.2, -0.15) is 0 Å². The number of nitrogens with two attached hydrogens (primary N) is 1. The van der Waals surface area contributed by atoms with Crippen molar-refractivity contribution in [2.75, 3.05) is 20.1 Å². The van der Waals surface area contributed by atoms with Crippen LogP contribution in [-0.4, -0.2) is 36.7 Å². The summed E-state index contributed by atoms with van der Waals surface area (Å²) in [5, 5.41) is 0. The Balaban J connectivity index is 0.00000288. The smallest absolute Gasteiger partial charge is 0.222 e. The standard InChI is InChI=1S/C19H28N2O2.ClH/c1-19(2,12-20)13-21(3)18(23)10-9-17(22)16-8-7-14-5-4-6-15(14)11-16;/h7-8,11H,4-6,9-10,12-13,20H2,1-3H3;1H. The number of rotatable bonds is 7. The Kier molecular flexibility index (Phi) is 7.43. The first-order chi connectivity index (χ1) is 10.8. The van der Waals surface area contributed by atoms with E-state index < -0.39 is 0 Å². The number of fused-ring (bicyclic) bond motifs is 1. The molecule has 5 heteroatoms. The van der Waals surface area contributed by atoms with E-state index >= 15 is 0 Å². The van der Waals surface area contributed by atoms with Gasteiger partial charge in [-0.15, -0.1) is 12.4 Å². The van der Waals surface area contributed by atoms with Crippen LogP contribution in [0.1, 0.15) is 54.6 Å². The van der Waals surface area contributed by atoms with E-state index in [-0.39, 0.29) is 42.4 Å². The highest BCUT2D eigenvalue weighted by molar-refractivity contribution is 5.98. The molecule has 134 valence electrons. The number of nitrogens with zero attached hydrogens (tertiary/aromatic N) is 1. The first kappa shape index (κ1) is 20.7. The number of benzene rings is 1. The normalized spacial score (nSPS) is 13.2. The molecular weight excluding hydrogens is 324 g/mol. The van der Waals surface area contributed by atoms with E-state index in [2.05, 4.69) is 6.07 Å². The van der Waals surface area contributed by atoms with E-state index in [0.29, 0.717) is 13.1 Å². The molecule has 0 aliphatic heterocycles. The number of ketones is 1. The van der Waals surface area contributed by atoms with Crippen LogP contribution in [0.15, 0.2) is 18.2 Å². The van der Waals surface area contributed by atoms with E-state index in [1.54, 1.807) is 11.9 Å². The Morgan fingerprint density at radius 3 is 2.50 bits per heavy atom. The number of carbonyl (C=O) groups excluding carboxylic acids is 2. The quantitative estimate of drug-likeness (QED) is 0.767. The lowest BCUT2D eigenvalue weighted by Gasteiger charge is -2.29. The number of carbonyl (C=O) groups is 2. The predicted octanol–water partition coefficient (Wildman–Crippen LogP) is 3.00. The second kappa shape index (κ2) is 8.63. The maximum Gasteiger partial charge on any atom is 0.222 e. The summed E-state index contributed by atoms with van der Waals surface area (Å²) in [6.45, 7) is 5.20. The van der Waals surface area contributed by atoms with E-state index in [1.165, 1.54) is 17.5 Å². The number of halogens is 1. The van der Waals surface area contributed by atoms with Gasteiger partial charge < -0.3 is 10.6 Å². The Bertz CT molecular complexity index is 599. The molecule has 1 aliphatic carbocycles. The molecule has 0 saturated carbocycles. The SMILES string of the molecule is CN(CC(C)(C)CN)C(=O)CCC(=O)c1ccc2c(c1)CCC2.Cl. The van der Waals surface area contributed by atoms with Gasteiger partial charge in [0.25, 0.3) is 0 Å². The second-order valence-corrected chi connectivity index (χ2v) is 7.38. The van der Waals surface area contributed by atoms with Crippen LogP contribution >= 0.6 is 12.4 Å². The van der Waals surface area contributed by atoms with Crippen molar-refractivity contribution in [1.29, 1.82) is 0 Å². The van der Waals surface area contributed by atoms with Crippen LogP contribution in [0, 0.1) is 5.41 Å². The van der Waals surface area contributed by atoms with Crippen LogP contribution < -0.4 is 5.73 Å². The van der Waals surface area contributed by atoms with Crippen LogP contribution in [0.2, 0.25) is 0 Å². The summed E-state index contributed by atoms with van der Waals surface area (Å²) in [6, 6.07) is 5.97. The largest absolute Gasteiger partial charge is 0.345 e. The Morgan fingerprint density at radius 1 is 1.17 bits per heavy atom. The van der Waals surface area contributed by atoms with E-state index in [1.807, 2.05) is 26.0 Å². The number of hydrogen-bond acceptors (Lipinski definition) is 3. The van der Waals surface area contributed by atoms with Crippen molar-refractivity contribution in [1.82, 2.24) is 4.90 Å². The number of Topliss-reactive ketones (excluding diaryl/α,β-unsaturated/α-hetero) is 1. The minimum absolute atomic E-state index is 0. The van der Waals surface area contributed by atoms with Crippen molar-refractivity contribution in [3.05, 3.63) is 34.9 Å². The summed E-state index contributed by atoms with van der Waals surface area (Å²) in [5.41, 5.74) is 9.00. The van der Waals surface area contributed by atoms with Crippen LogP contribution in [0.3, 0.4) is 0 Å². The molecule has 1 aromatic rings. The highest BCUT2D eigenvalue weighted by atomic mass is 35.5. The topological polar surface area (TPSA) is 63.4 Å². The summed E-state index contributed by atoms with van der Waals surface area (Å²) < 4.78 is 0. The molecule has 2 rings (SSSR count). The van der Waals surface area contributed by atoms with Gasteiger partial charge in [0, 0.05) is 32.0 Å². The van der Waals surface area contributed by atoms with Crippen molar-refractivity contribution in [2.24, 2.45) is 11.1 Å². The fourth-order valence-corrected chi connectivity index (χ4v) is 3.10. The summed E-state index contributed by atoms with van der Waals surface area (Å²) in [7, 11) is 1.78. The number of aryl methyl sites for hydroxylation is 2. The Labute approximate surface area is 151 Å². The van der Waals surface area contributed by atoms with Gasteiger partial charge >= 0.3 is 0 Å². The van der Waals surface area contributed by atoms with Gasteiger partial charge in [-0.25, -0.2) is 0 Å². The van der Waals surface area contributed by atoms with Crippen LogP contribution in [0.4, 0.5) is 0 Å². The Morgan fingerprint density at radius 2 is 1.83 bits per heavy atom. The third-order valence-electron chi connectivity index (χ3n) is 4.63. The third-order valence-corrected chi connectivity index (χ3v) is 4.63. The Hall–Kier alpha value is -1.39. The molecule has 1 amide bonds. The average molecular weight is 353 g/mol. The molecule has 1 aliphatic rings. The molecule has 0 bridgehead atoms. The monoisotopic (exact) mass is 352 g/mol. The number of amides is 1. The van der Waals surface area contributed by atoms with E-state index in [4.69, 9.17) is 5.73 Å². The maximum absolute atomic E-state index is 12.3. The highest BCUT2D eigenvalue weighted by Gasteiger charge is 2.22. The first-order valence-corrected chi connectivity index (χ1v) is 8.41. The van der Waals surface area contributed by atoms with Gasteiger partial charge in [0.15, 0.2) is 5.78 Å². The molecule has 2 N–H and O–H groups in total. The summed E-state index contributed by atoms with van der Waals surface area (Å²) in [4.78, 5) is 26.2. The van der Waals surface area contributed by atoms with Gasteiger partial charge in [-0.05, 0) is 48.4 Å². The van der Waals surface area contributed by atoms with Gasteiger partial charge in [0.1, 0.15) is 0 Å². The van der Waals surface area contributed by atoms with Gasteiger partial charge in [0.05, 0.1) is 0 Å². The van der Waals surface area contributed by atoms with Crippen LogP contribution in [-0.2, 0) is 17.6 Å². The zero-order valence-electron chi connectivity index (χ0n) is 14.9. The summed E-state index contributed by atoms with van der Waals surface area (Å²) in [5.74, 6) is 0.0561. The first-order valence-electron chi connectivity index (χ1n) is 8.41. The van der Waals surface area contributed by atoms with E-state index in [0.717, 1.165) is 18.4 Å². The lowest BCUT2D eigenvalue weighted by molar-refractivity contribution is -0.131. The van der Waals surface area contributed by atoms with Gasteiger partial charge in [-0.3, -0.25) is 9.59 Å². The number of hydrogen-bond donors (Lipinski definition) is 1. The maximum atomic E-state index is 12.3. The molecule has 4 nitrogen and oxygen atoms in total. The fourth-order valence-electron chi connectivity index (χ4n) is 3.10. The van der Waals surface area contributed by atoms with Crippen molar-refractivity contribution >= 4 is 24.1 Å². The highest BCUT2D eigenvalue weighted by Crippen LogP contribution is 2.23. The minimum Gasteiger partial charge on any atom is -0.345 e. The van der Waals surface area contributed by atoms with E-state index in [9.17, 15) is 9.59 Å². The molecule has 0 heterocycles. The molecule has 24 heavy (non-hydrogen) atoms. The van der Waals surface area contributed by atoms with Crippen LogP contribution in [0.25, 0.3) is 0 Å². The molecule has 0 saturated heterocycles. The zero-order chi connectivity index (χ0) is 17.0. The molecule has 0 radical (unpaired) electrons. The molecule has 1 aromatic carbocycles. The van der Waals surface area contributed by atoms with Crippen LogP contribution in [0.5, 0.6) is 0 Å². The predicted molar refractivity (Wildman–Crippen MR) is 99.8 cm³/mol. The lowest BCUT2D eigenvalue weighted by Crippen LogP contribution is -2.39. The zero-order valence-corrected chi connectivity index (χ0v) is 15.7. The summed E-state index contributed by atoms with van der Waals surface area (Å²) in [6.07, 6.45) is 3.88. The molecule has 0 fully saturated rings. The van der Waals surface area contributed by atoms with Crippen molar-refractivity contribution in [3.63, 3.8) is 0 Å². The lowest BCUT2D eigenvalue weighted by atomic mass is 9.93. The van der Waals surface area contributed by atoms with Crippen molar-refractivity contribution in [2.45, 2.75) is 46.0 Å². The minimum atomic E-state index is -0.103. The summed E-state index contributed by atoms with van der Waals surface area (Å²) >= 11 is 0. The molecule has 0 spiro atoms. The van der Waals surface area contributed by atoms with Gasteiger partial charge in [0.2, 0.25) is 5.91 Å². The third kappa shape index (κ3) is 5.32. The molecule has 0 aromatic heterocycles. The van der Waals surface area contributed by atoms with Gasteiger partial charge in [-0.1, -0.05) is 26.0 Å². The average Bonchev–Trinajstić information content (AvgIpc) is 2.99. The molecule has 0 atom stereocenters. The molecule has 0 unspecified atom stereocenters. The van der Waals surface area contributed by atoms with Crippen molar-refractivity contribution < 1.29 is 9.59 Å².